The molecule has 0 aliphatic heterocycles. The van der Waals surface area contributed by atoms with E-state index in [0.29, 0.717) is 5.92 Å². The van der Waals surface area contributed by atoms with Crippen molar-refractivity contribution in [3.05, 3.63) is 260 Å². The van der Waals surface area contributed by atoms with Crippen LogP contribution in [0.1, 0.15) is 12.0 Å². The fourth-order valence-electron chi connectivity index (χ4n) is 9.96. The SMILES string of the molecule is C1=CC(CN(c2ccccc2)c2ccccc2)CC=C1c1ccc2c(-c3cccc(-c4ccc(-c5ccccc5)s4)c3)c3ccccc3c(-c3cccc(-c4ccc(-c5ccccc5)s4)c3)c2c1. The largest absolute Gasteiger partial charge is 0.341 e. The molecule has 2 aromatic heterocycles. The van der Waals surface area contributed by atoms with E-state index in [-0.39, 0.29) is 0 Å². The summed E-state index contributed by atoms with van der Waals surface area (Å²) in [4.78, 5) is 7.54. The number of nitrogens with zero attached hydrogens (tertiary/aromatic N) is 1. The van der Waals surface area contributed by atoms with Crippen LogP contribution in [0.5, 0.6) is 0 Å². The van der Waals surface area contributed by atoms with Crippen molar-refractivity contribution >= 4 is 61.2 Å². The lowest BCUT2D eigenvalue weighted by molar-refractivity contribution is 0.658. The molecule has 12 rings (SSSR count). The van der Waals surface area contributed by atoms with Crippen molar-refractivity contribution in [2.24, 2.45) is 5.92 Å². The number of thiophene rings is 2. The summed E-state index contributed by atoms with van der Waals surface area (Å²) in [5.74, 6) is 0.368. The molecule has 9 aromatic carbocycles. The molecule has 1 atom stereocenters. The van der Waals surface area contributed by atoms with Gasteiger partial charge in [0.2, 0.25) is 0 Å². The average Bonchev–Trinajstić information content (AvgIpc) is 4.13. The summed E-state index contributed by atoms with van der Waals surface area (Å²) in [5, 5.41) is 5.02. The van der Waals surface area contributed by atoms with Gasteiger partial charge in [-0.2, -0.15) is 0 Å². The summed E-state index contributed by atoms with van der Waals surface area (Å²) in [6, 6.07) is 86.7. The highest BCUT2D eigenvalue weighted by Gasteiger charge is 2.21. The summed E-state index contributed by atoms with van der Waals surface area (Å²) < 4.78 is 0. The van der Waals surface area contributed by atoms with Crippen LogP contribution in [-0.4, -0.2) is 6.54 Å². The van der Waals surface area contributed by atoms with E-state index in [4.69, 9.17) is 0 Å². The Morgan fingerprint density at radius 2 is 0.779 bits per heavy atom. The molecular weight excluding hydrogens is 859 g/mol. The van der Waals surface area contributed by atoms with E-state index in [1.54, 1.807) is 0 Å². The molecule has 1 aliphatic carbocycles. The Balaban J connectivity index is 0.971. The third kappa shape index (κ3) is 8.21. The molecule has 1 unspecified atom stereocenters. The van der Waals surface area contributed by atoms with Crippen molar-refractivity contribution < 1.29 is 0 Å². The second-order valence-electron chi connectivity index (χ2n) is 17.6. The van der Waals surface area contributed by atoms with Crippen molar-refractivity contribution in [3.63, 3.8) is 0 Å². The number of hydrogen-bond acceptors (Lipinski definition) is 3. The minimum atomic E-state index is 0.368. The maximum Gasteiger partial charge on any atom is 0.0410 e. The molecule has 324 valence electrons. The first kappa shape index (κ1) is 41.6. The Bertz CT molecular complexity index is 3580. The van der Waals surface area contributed by atoms with Gasteiger partial charge >= 0.3 is 0 Å². The molecule has 11 aromatic rings. The zero-order valence-electron chi connectivity index (χ0n) is 37.5. The van der Waals surface area contributed by atoms with Gasteiger partial charge in [-0.15, -0.1) is 22.7 Å². The number of allylic oxidation sites excluding steroid dienone is 3. The van der Waals surface area contributed by atoms with Crippen molar-refractivity contribution in [3.8, 4) is 64.0 Å². The fraction of sp³-hybridized carbons (Fsp3) is 0.0462. The number of benzene rings is 9. The Hall–Kier alpha value is -7.82. The fourth-order valence-corrected chi connectivity index (χ4v) is 12.0. The van der Waals surface area contributed by atoms with Gasteiger partial charge in [0.05, 0.1) is 0 Å². The molecule has 0 fully saturated rings. The minimum absolute atomic E-state index is 0.368. The van der Waals surface area contributed by atoms with Crippen LogP contribution in [0.2, 0.25) is 0 Å². The zero-order valence-corrected chi connectivity index (χ0v) is 39.1. The van der Waals surface area contributed by atoms with Gasteiger partial charge in [-0.05, 0) is 156 Å². The predicted octanol–water partition coefficient (Wildman–Crippen LogP) is 18.9. The molecule has 2 heterocycles. The lowest BCUT2D eigenvalue weighted by Gasteiger charge is -2.29. The molecule has 0 amide bonds. The van der Waals surface area contributed by atoms with Gasteiger partial charge in [0, 0.05) is 37.4 Å². The molecule has 68 heavy (non-hydrogen) atoms. The third-order valence-corrected chi connectivity index (χ3v) is 15.7. The van der Waals surface area contributed by atoms with E-state index in [2.05, 4.69) is 260 Å². The van der Waals surface area contributed by atoms with Crippen LogP contribution < -0.4 is 4.90 Å². The van der Waals surface area contributed by atoms with E-state index in [9.17, 15) is 0 Å². The summed E-state index contributed by atoms with van der Waals surface area (Å²) in [6.07, 6.45) is 8.21. The molecule has 0 saturated carbocycles. The van der Waals surface area contributed by atoms with Crippen molar-refractivity contribution in [2.75, 3.05) is 11.4 Å². The molecule has 1 nitrogen and oxygen atoms in total. The molecule has 0 bridgehead atoms. The maximum absolute atomic E-state index is 2.47. The smallest absolute Gasteiger partial charge is 0.0410 e. The minimum Gasteiger partial charge on any atom is -0.341 e. The number of fused-ring (bicyclic) bond motifs is 2. The molecule has 3 heteroatoms. The van der Waals surface area contributed by atoms with E-state index >= 15 is 0 Å². The predicted molar refractivity (Wildman–Crippen MR) is 295 cm³/mol. The van der Waals surface area contributed by atoms with Crippen molar-refractivity contribution in [1.82, 2.24) is 0 Å². The molecule has 0 saturated heterocycles. The van der Waals surface area contributed by atoms with Gasteiger partial charge in [-0.1, -0.05) is 188 Å². The van der Waals surface area contributed by atoms with Gasteiger partial charge in [-0.25, -0.2) is 0 Å². The quantitative estimate of drug-likeness (QED) is 0.117. The van der Waals surface area contributed by atoms with Crippen LogP contribution in [0, 0.1) is 5.92 Å². The van der Waals surface area contributed by atoms with Gasteiger partial charge in [0.15, 0.2) is 0 Å². The first-order valence-corrected chi connectivity index (χ1v) is 25.1. The van der Waals surface area contributed by atoms with Crippen LogP contribution in [0.4, 0.5) is 11.4 Å². The van der Waals surface area contributed by atoms with Crippen molar-refractivity contribution in [2.45, 2.75) is 6.42 Å². The zero-order chi connectivity index (χ0) is 45.2. The Morgan fingerprint density at radius 3 is 1.28 bits per heavy atom. The van der Waals surface area contributed by atoms with Gasteiger partial charge < -0.3 is 4.90 Å². The normalized spacial score (nSPS) is 13.5. The Morgan fingerprint density at radius 1 is 0.353 bits per heavy atom. The first-order valence-electron chi connectivity index (χ1n) is 23.5. The molecule has 0 spiro atoms. The average molecular weight is 906 g/mol. The topological polar surface area (TPSA) is 3.24 Å². The first-order chi connectivity index (χ1) is 33.7. The van der Waals surface area contributed by atoms with Gasteiger partial charge in [0.25, 0.3) is 0 Å². The number of rotatable bonds is 11. The number of hydrogen-bond donors (Lipinski definition) is 0. The van der Waals surface area contributed by atoms with Crippen molar-refractivity contribution in [1.29, 1.82) is 0 Å². The van der Waals surface area contributed by atoms with Crippen LogP contribution in [-0.2, 0) is 0 Å². The third-order valence-electron chi connectivity index (χ3n) is 13.3. The standard InChI is InChI=1S/C65H47NS2/c1-5-17-47(18-6-1)60-37-39-62(67-60)50-21-15-23-52(41-50)64-56-29-13-14-30-57(56)65(53-24-16-22-51(42-53)63-40-38-61(68-63)48-19-7-2-8-20-48)59-43-49(35-36-58(59)64)46-33-31-45(32-34-46)44-66(54-25-9-3-10-26-54)55-27-11-4-12-28-55/h1-31,33-43,45H,32,44H2. The van der Waals surface area contributed by atoms with Gasteiger partial charge in [0.1, 0.15) is 0 Å². The van der Waals surface area contributed by atoms with E-state index in [1.807, 2.05) is 22.7 Å². The summed E-state index contributed by atoms with van der Waals surface area (Å²) in [6.45, 7) is 0.900. The van der Waals surface area contributed by atoms with E-state index in [1.165, 1.54) is 108 Å². The second-order valence-corrected chi connectivity index (χ2v) is 19.7. The summed E-state index contributed by atoms with van der Waals surface area (Å²) >= 11 is 3.71. The molecule has 0 radical (unpaired) electrons. The maximum atomic E-state index is 2.47. The lowest BCUT2D eigenvalue weighted by atomic mass is 9.83. The Kier molecular flexibility index (Phi) is 11.3. The lowest BCUT2D eigenvalue weighted by Crippen LogP contribution is -2.24. The van der Waals surface area contributed by atoms with Crippen LogP contribution in [0.15, 0.2) is 255 Å². The monoisotopic (exact) mass is 905 g/mol. The number of anilines is 2. The van der Waals surface area contributed by atoms with Gasteiger partial charge in [-0.3, -0.25) is 0 Å². The molecule has 1 aliphatic rings. The van der Waals surface area contributed by atoms with Crippen LogP contribution >= 0.6 is 22.7 Å². The highest BCUT2D eigenvalue weighted by atomic mass is 32.1. The summed E-state index contributed by atoms with van der Waals surface area (Å²) in [5.41, 5.74) is 14.9. The van der Waals surface area contributed by atoms with E-state index < -0.39 is 0 Å². The van der Waals surface area contributed by atoms with Crippen LogP contribution in [0.25, 0.3) is 91.1 Å². The number of para-hydroxylation sites is 2. The highest BCUT2D eigenvalue weighted by Crippen LogP contribution is 2.47. The van der Waals surface area contributed by atoms with Crippen LogP contribution in [0.3, 0.4) is 0 Å². The highest BCUT2D eigenvalue weighted by molar-refractivity contribution is 7.19. The second kappa shape index (κ2) is 18.5. The summed E-state index contributed by atoms with van der Waals surface area (Å²) in [7, 11) is 0. The Labute approximate surface area is 406 Å². The molecular formula is C65H47NS2. The van der Waals surface area contributed by atoms with E-state index in [0.717, 1.165) is 13.0 Å². The molecule has 0 N–H and O–H groups in total.